The van der Waals surface area contributed by atoms with Crippen LogP contribution in [0.5, 0.6) is 5.75 Å². The molecule has 0 saturated heterocycles. The number of carbonyl (C=O) groups is 1. The number of thiophene rings is 2. The molecule has 0 spiro atoms. The van der Waals surface area contributed by atoms with Crippen molar-refractivity contribution in [2.75, 3.05) is 7.11 Å². The van der Waals surface area contributed by atoms with Crippen molar-refractivity contribution in [3.05, 3.63) is 98.3 Å². The molecule has 162 valence electrons. The van der Waals surface area contributed by atoms with Gasteiger partial charge in [-0.15, -0.1) is 22.7 Å². The predicted octanol–water partition coefficient (Wildman–Crippen LogP) is 7.22. The van der Waals surface area contributed by atoms with E-state index < -0.39 is 0 Å². The number of nitriles is 2. The lowest BCUT2D eigenvalue weighted by Gasteiger charge is -2.01. The summed E-state index contributed by atoms with van der Waals surface area (Å²) in [5.74, 6) is 0.669. The first-order valence-corrected chi connectivity index (χ1v) is 12.0. The van der Waals surface area contributed by atoms with Crippen molar-refractivity contribution in [1.82, 2.24) is 0 Å². The van der Waals surface area contributed by atoms with Crippen molar-refractivity contribution in [1.29, 1.82) is 10.5 Å². The van der Waals surface area contributed by atoms with Crippen molar-refractivity contribution >= 4 is 61.7 Å². The van der Waals surface area contributed by atoms with Crippen molar-refractivity contribution in [3.63, 3.8) is 0 Å². The zero-order valence-electron chi connectivity index (χ0n) is 18.0. The van der Waals surface area contributed by atoms with Crippen molar-refractivity contribution in [2.45, 2.75) is 0 Å². The fourth-order valence-electron chi connectivity index (χ4n) is 3.91. The summed E-state index contributed by atoms with van der Waals surface area (Å²) in [7, 11) is 1.65. The third kappa shape index (κ3) is 3.86. The second kappa shape index (κ2) is 8.96. The highest BCUT2D eigenvalue weighted by Crippen LogP contribution is 2.41. The van der Waals surface area contributed by atoms with Gasteiger partial charge in [0.25, 0.3) is 0 Å². The van der Waals surface area contributed by atoms with Crippen LogP contribution >= 0.6 is 22.7 Å². The molecule has 1 aliphatic rings. The number of hydrogen-bond acceptors (Lipinski definition) is 6. The summed E-state index contributed by atoms with van der Waals surface area (Å²) in [6.07, 6.45) is 5.95. The molecule has 0 fully saturated rings. The SMILES string of the molecule is COc1ccc(/C=C/c2cc3sc(/C=C4\C(=O)c5ccccc5C4=C(C#N)C#N)cc3s2)cc1. The van der Waals surface area contributed by atoms with Gasteiger partial charge in [0.15, 0.2) is 5.78 Å². The largest absolute Gasteiger partial charge is 0.497 e. The molecule has 1 aliphatic carbocycles. The summed E-state index contributed by atoms with van der Waals surface area (Å²) < 4.78 is 7.45. The highest BCUT2D eigenvalue weighted by atomic mass is 32.1. The average Bonchev–Trinajstić information content (AvgIpc) is 3.50. The van der Waals surface area contributed by atoms with Crippen LogP contribution in [0.15, 0.2) is 71.8 Å². The first kappa shape index (κ1) is 21.6. The van der Waals surface area contributed by atoms with Crippen molar-refractivity contribution in [2.24, 2.45) is 0 Å². The molecular weight excluding hydrogens is 460 g/mol. The molecule has 2 heterocycles. The van der Waals surface area contributed by atoms with Gasteiger partial charge in [0.1, 0.15) is 23.5 Å². The van der Waals surface area contributed by atoms with Crippen LogP contribution < -0.4 is 4.74 Å². The third-order valence-corrected chi connectivity index (χ3v) is 7.72. The first-order valence-electron chi connectivity index (χ1n) is 10.4. The lowest BCUT2D eigenvalue weighted by molar-refractivity contribution is 0.104. The van der Waals surface area contributed by atoms with Crippen LogP contribution in [0.4, 0.5) is 0 Å². The normalized spacial score (nSPS) is 13.9. The number of rotatable bonds is 4. The van der Waals surface area contributed by atoms with E-state index in [0.717, 1.165) is 30.5 Å². The zero-order valence-corrected chi connectivity index (χ0v) is 19.7. The van der Waals surface area contributed by atoms with Crippen molar-refractivity contribution in [3.8, 4) is 17.9 Å². The van der Waals surface area contributed by atoms with Crippen LogP contribution in [0.3, 0.4) is 0 Å². The Morgan fingerprint density at radius 2 is 1.53 bits per heavy atom. The predicted molar refractivity (Wildman–Crippen MR) is 139 cm³/mol. The second-order valence-electron chi connectivity index (χ2n) is 7.54. The minimum atomic E-state index is -0.159. The van der Waals surface area contributed by atoms with E-state index in [-0.39, 0.29) is 11.4 Å². The lowest BCUT2D eigenvalue weighted by atomic mass is 9.99. The van der Waals surface area contributed by atoms with Gasteiger partial charge >= 0.3 is 0 Å². The summed E-state index contributed by atoms with van der Waals surface area (Å²) in [6, 6.07) is 23.1. The van der Waals surface area contributed by atoms with Crippen LogP contribution in [-0.2, 0) is 0 Å². The van der Waals surface area contributed by atoms with Gasteiger partial charge < -0.3 is 4.74 Å². The number of ether oxygens (including phenoxy) is 1. The minimum Gasteiger partial charge on any atom is -0.497 e. The Hall–Kier alpha value is -4.23. The Balaban J connectivity index is 1.47. The fraction of sp³-hybridized carbons (Fsp3) is 0.0357. The molecule has 0 saturated carbocycles. The van der Waals surface area contributed by atoms with E-state index in [2.05, 4.69) is 24.3 Å². The maximum Gasteiger partial charge on any atom is 0.194 e. The highest BCUT2D eigenvalue weighted by molar-refractivity contribution is 7.28. The quantitative estimate of drug-likeness (QED) is 0.230. The van der Waals surface area contributed by atoms with Gasteiger partial charge in [-0.1, -0.05) is 42.5 Å². The van der Waals surface area contributed by atoms with E-state index in [0.29, 0.717) is 22.3 Å². The molecule has 0 amide bonds. The van der Waals surface area contributed by atoms with E-state index in [4.69, 9.17) is 4.74 Å². The number of fused-ring (bicyclic) bond motifs is 2. The summed E-state index contributed by atoms with van der Waals surface area (Å²) in [5.41, 5.74) is 3.02. The van der Waals surface area contributed by atoms with Gasteiger partial charge in [0, 0.05) is 35.9 Å². The minimum absolute atomic E-state index is 0.0473. The smallest absolute Gasteiger partial charge is 0.194 e. The number of methoxy groups -OCH3 is 1. The molecule has 2 aromatic carbocycles. The third-order valence-electron chi connectivity index (χ3n) is 5.52. The molecule has 6 heteroatoms. The Labute approximate surface area is 204 Å². The fourth-order valence-corrected chi connectivity index (χ4v) is 6.17. The Bertz CT molecular complexity index is 1570. The molecule has 0 bridgehead atoms. The molecule has 0 atom stereocenters. The molecule has 0 radical (unpaired) electrons. The van der Waals surface area contributed by atoms with E-state index in [9.17, 15) is 15.3 Å². The van der Waals surface area contributed by atoms with Crippen LogP contribution in [0.2, 0.25) is 0 Å². The Kier molecular flexibility index (Phi) is 5.69. The van der Waals surface area contributed by atoms with Gasteiger partial charge in [-0.05, 0) is 47.5 Å². The number of ketones is 1. The van der Waals surface area contributed by atoms with Crippen LogP contribution in [0.1, 0.15) is 31.2 Å². The van der Waals surface area contributed by atoms with Gasteiger partial charge in [-0.2, -0.15) is 10.5 Å². The van der Waals surface area contributed by atoms with Gasteiger partial charge in [0.2, 0.25) is 0 Å². The maximum atomic E-state index is 13.1. The van der Waals surface area contributed by atoms with Crippen LogP contribution in [0, 0.1) is 22.7 Å². The van der Waals surface area contributed by atoms with Crippen LogP contribution in [0.25, 0.3) is 33.2 Å². The second-order valence-corrected chi connectivity index (χ2v) is 9.77. The monoisotopic (exact) mass is 476 g/mol. The summed E-state index contributed by atoms with van der Waals surface area (Å²) in [6.45, 7) is 0. The molecule has 5 rings (SSSR count). The Morgan fingerprint density at radius 1 is 0.882 bits per heavy atom. The zero-order chi connectivity index (χ0) is 23.7. The molecule has 2 aromatic heterocycles. The summed E-state index contributed by atoms with van der Waals surface area (Å²) in [5, 5.41) is 19.0. The van der Waals surface area contributed by atoms with Crippen molar-refractivity contribution < 1.29 is 9.53 Å². The molecule has 0 N–H and O–H groups in total. The number of allylic oxidation sites excluding steroid dienone is 3. The van der Waals surface area contributed by atoms with Gasteiger partial charge in [0.05, 0.1) is 7.11 Å². The van der Waals surface area contributed by atoms with E-state index >= 15 is 0 Å². The number of Topliss-reactive ketones (excluding diaryl/α,β-unsaturated/α-hetero) is 1. The number of hydrogen-bond donors (Lipinski definition) is 0. The number of nitrogens with zero attached hydrogens (tertiary/aromatic N) is 2. The molecule has 34 heavy (non-hydrogen) atoms. The topological polar surface area (TPSA) is 73.9 Å². The molecule has 4 nitrogen and oxygen atoms in total. The molecule has 0 aliphatic heterocycles. The molecular formula is C28H16N2O2S2. The van der Waals surface area contributed by atoms with Gasteiger partial charge in [-0.25, -0.2) is 0 Å². The summed E-state index contributed by atoms with van der Waals surface area (Å²) in [4.78, 5) is 15.1. The average molecular weight is 477 g/mol. The van der Waals surface area contributed by atoms with Gasteiger partial charge in [-0.3, -0.25) is 4.79 Å². The number of carbonyl (C=O) groups excluding carboxylic acids is 1. The standard InChI is InChI=1S/C28H16N2O2S2/c1-32-19-9-6-17(7-10-19)8-11-20-13-25-26(33-20)14-21(34-25)12-24-27(18(15-29)16-30)22-4-2-3-5-23(22)28(24)31/h2-14H,1H3/b11-8+,24-12-. The van der Waals surface area contributed by atoms with E-state index in [1.807, 2.05) is 42.5 Å². The van der Waals surface area contributed by atoms with E-state index in [1.165, 1.54) is 0 Å². The Morgan fingerprint density at radius 3 is 2.21 bits per heavy atom. The number of benzene rings is 2. The molecule has 0 unspecified atom stereocenters. The maximum absolute atomic E-state index is 13.1. The highest BCUT2D eigenvalue weighted by Gasteiger charge is 2.32. The first-order chi connectivity index (χ1) is 16.6. The van der Waals surface area contributed by atoms with E-state index in [1.54, 1.807) is 54.1 Å². The van der Waals surface area contributed by atoms with Crippen LogP contribution in [-0.4, -0.2) is 12.9 Å². The summed E-state index contributed by atoms with van der Waals surface area (Å²) >= 11 is 3.26. The molecule has 4 aromatic rings. The lowest BCUT2D eigenvalue weighted by Crippen LogP contribution is -1.95.